The molecule has 2 heteroatoms. The van der Waals surface area contributed by atoms with Gasteiger partial charge in [0.25, 0.3) is 0 Å². The van der Waals surface area contributed by atoms with Crippen LogP contribution in [0.25, 0.3) is 0 Å². The van der Waals surface area contributed by atoms with Crippen LogP contribution in [0.1, 0.15) is 30.4 Å². The Bertz CT molecular complexity index is 373. The van der Waals surface area contributed by atoms with E-state index in [1.807, 2.05) is 0 Å². The molecule has 0 aliphatic heterocycles. The Morgan fingerprint density at radius 3 is 2.72 bits per heavy atom. The number of nitrogens with zero attached hydrogens (tertiary/aromatic N) is 1. The maximum atomic E-state index is 9.88. The van der Waals surface area contributed by atoms with Crippen LogP contribution in [-0.4, -0.2) is 36.2 Å². The van der Waals surface area contributed by atoms with E-state index in [-0.39, 0.29) is 6.10 Å². The summed E-state index contributed by atoms with van der Waals surface area (Å²) in [6, 6.07) is 8.60. The molecule has 0 heterocycles. The maximum Gasteiger partial charge on any atom is 0.0695 e. The van der Waals surface area contributed by atoms with Gasteiger partial charge in [-0.3, -0.25) is 0 Å². The highest BCUT2D eigenvalue weighted by atomic mass is 16.3. The van der Waals surface area contributed by atoms with Gasteiger partial charge in [0.2, 0.25) is 0 Å². The van der Waals surface area contributed by atoms with Gasteiger partial charge in [0.05, 0.1) is 6.10 Å². The van der Waals surface area contributed by atoms with E-state index in [0.717, 1.165) is 19.5 Å². The van der Waals surface area contributed by atoms with Crippen LogP contribution in [0.4, 0.5) is 0 Å². The molecule has 1 aliphatic rings. The smallest absolute Gasteiger partial charge is 0.0695 e. The van der Waals surface area contributed by atoms with E-state index in [0.29, 0.717) is 5.92 Å². The Morgan fingerprint density at radius 1 is 1.33 bits per heavy atom. The molecule has 1 atom stereocenters. The molecule has 1 aromatic rings. The van der Waals surface area contributed by atoms with Crippen LogP contribution in [0.3, 0.4) is 0 Å². The standard InChI is InChI=1S/C16H25NO/c1-13-6-3-4-7-14(13)8-5-11-17(2)12-16(18)15-9-10-15/h3-4,6-7,15-16,18H,5,8-12H2,1-2H3. The molecule has 1 N–H and O–H groups in total. The second-order valence-electron chi connectivity index (χ2n) is 5.70. The van der Waals surface area contributed by atoms with Gasteiger partial charge in [-0.05, 0) is 63.2 Å². The molecule has 0 bridgehead atoms. The molecule has 18 heavy (non-hydrogen) atoms. The first kappa shape index (κ1) is 13.6. The SMILES string of the molecule is Cc1ccccc1CCCN(C)CC(O)C1CC1. The van der Waals surface area contributed by atoms with E-state index in [1.54, 1.807) is 0 Å². The number of rotatable bonds is 7. The third kappa shape index (κ3) is 4.11. The van der Waals surface area contributed by atoms with E-state index >= 15 is 0 Å². The molecular weight excluding hydrogens is 222 g/mol. The summed E-state index contributed by atoms with van der Waals surface area (Å²) in [5.41, 5.74) is 2.84. The predicted molar refractivity (Wildman–Crippen MR) is 75.7 cm³/mol. The largest absolute Gasteiger partial charge is 0.392 e. The number of benzene rings is 1. The summed E-state index contributed by atoms with van der Waals surface area (Å²) in [6.07, 6.45) is 4.64. The fourth-order valence-electron chi connectivity index (χ4n) is 2.47. The van der Waals surface area contributed by atoms with Crippen LogP contribution in [0.5, 0.6) is 0 Å². The number of aliphatic hydroxyl groups excluding tert-OH is 1. The zero-order valence-corrected chi connectivity index (χ0v) is 11.6. The second-order valence-corrected chi connectivity index (χ2v) is 5.70. The van der Waals surface area contributed by atoms with Gasteiger partial charge in [0.1, 0.15) is 0 Å². The van der Waals surface area contributed by atoms with Crippen LogP contribution in [0.2, 0.25) is 0 Å². The lowest BCUT2D eigenvalue weighted by molar-refractivity contribution is 0.106. The highest BCUT2D eigenvalue weighted by Crippen LogP contribution is 2.32. The minimum atomic E-state index is -0.103. The average Bonchev–Trinajstić information content (AvgIpc) is 3.15. The van der Waals surface area contributed by atoms with Crippen molar-refractivity contribution < 1.29 is 5.11 Å². The molecule has 100 valence electrons. The van der Waals surface area contributed by atoms with Crippen molar-refractivity contribution in [2.45, 2.75) is 38.7 Å². The normalized spacial score (nSPS) is 17.1. The van der Waals surface area contributed by atoms with Crippen molar-refractivity contribution in [1.29, 1.82) is 0 Å². The van der Waals surface area contributed by atoms with Crippen LogP contribution in [-0.2, 0) is 6.42 Å². The monoisotopic (exact) mass is 247 g/mol. The van der Waals surface area contributed by atoms with Crippen LogP contribution >= 0.6 is 0 Å². The highest BCUT2D eigenvalue weighted by molar-refractivity contribution is 5.25. The molecule has 1 saturated carbocycles. The molecule has 1 aromatic carbocycles. The predicted octanol–water partition coefficient (Wildman–Crippen LogP) is 2.63. The quantitative estimate of drug-likeness (QED) is 0.800. The van der Waals surface area contributed by atoms with Crippen molar-refractivity contribution in [1.82, 2.24) is 4.90 Å². The number of hydrogen-bond donors (Lipinski definition) is 1. The summed E-state index contributed by atoms with van der Waals surface area (Å²) >= 11 is 0. The van der Waals surface area contributed by atoms with Crippen molar-refractivity contribution in [2.24, 2.45) is 5.92 Å². The fraction of sp³-hybridized carbons (Fsp3) is 0.625. The van der Waals surface area contributed by atoms with Gasteiger partial charge >= 0.3 is 0 Å². The van der Waals surface area contributed by atoms with Crippen LogP contribution in [0.15, 0.2) is 24.3 Å². The number of aryl methyl sites for hydroxylation is 2. The van der Waals surface area contributed by atoms with E-state index in [1.165, 1.54) is 30.4 Å². The summed E-state index contributed by atoms with van der Waals surface area (Å²) in [7, 11) is 2.11. The lowest BCUT2D eigenvalue weighted by Gasteiger charge is -2.20. The molecule has 1 aliphatic carbocycles. The number of aliphatic hydroxyl groups is 1. The van der Waals surface area contributed by atoms with Crippen molar-refractivity contribution in [3.63, 3.8) is 0 Å². The van der Waals surface area contributed by atoms with Crippen LogP contribution in [0, 0.1) is 12.8 Å². The Labute approximate surface area is 111 Å². The molecule has 0 amide bonds. The van der Waals surface area contributed by atoms with Crippen LogP contribution < -0.4 is 0 Å². The lowest BCUT2D eigenvalue weighted by Crippen LogP contribution is -2.31. The third-order valence-electron chi connectivity index (χ3n) is 3.91. The Kier molecular flexibility index (Phi) is 4.79. The fourth-order valence-corrected chi connectivity index (χ4v) is 2.47. The molecule has 2 rings (SSSR count). The maximum absolute atomic E-state index is 9.88. The lowest BCUT2D eigenvalue weighted by atomic mass is 10.0. The Morgan fingerprint density at radius 2 is 2.06 bits per heavy atom. The molecular formula is C16H25NO. The van der Waals surface area contributed by atoms with E-state index in [9.17, 15) is 5.11 Å². The molecule has 0 spiro atoms. The average molecular weight is 247 g/mol. The van der Waals surface area contributed by atoms with Crippen molar-refractivity contribution in [3.8, 4) is 0 Å². The van der Waals surface area contributed by atoms with E-state index < -0.39 is 0 Å². The van der Waals surface area contributed by atoms with Gasteiger partial charge in [0, 0.05) is 6.54 Å². The topological polar surface area (TPSA) is 23.5 Å². The Balaban J connectivity index is 1.66. The summed E-state index contributed by atoms with van der Waals surface area (Å²) in [5.74, 6) is 0.587. The zero-order chi connectivity index (χ0) is 13.0. The van der Waals surface area contributed by atoms with Gasteiger partial charge in [-0.15, -0.1) is 0 Å². The van der Waals surface area contributed by atoms with E-state index in [2.05, 4.69) is 43.1 Å². The van der Waals surface area contributed by atoms with Gasteiger partial charge in [-0.2, -0.15) is 0 Å². The number of hydrogen-bond acceptors (Lipinski definition) is 2. The second kappa shape index (κ2) is 6.35. The Hall–Kier alpha value is -0.860. The highest BCUT2D eigenvalue weighted by Gasteiger charge is 2.29. The molecule has 0 aromatic heterocycles. The van der Waals surface area contributed by atoms with Crippen molar-refractivity contribution in [3.05, 3.63) is 35.4 Å². The van der Waals surface area contributed by atoms with Gasteiger partial charge in [-0.1, -0.05) is 24.3 Å². The van der Waals surface area contributed by atoms with Gasteiger partial charge in [0.15, 0.2) is 0 Å². The molecule has 2 nitrogen and oxygen atoms in total. The first-order chi connectivity index (χ1) is 8.66. The van der Waals surface area contributed by atoms with Gasteiger partial charge < -0.3 is 10.0 Å². The van der Waals surface area contributed by atoms with E-state index in [4.69, 9.17) is 0 Å². The summed E-state index contributed by atoms with van der Waals surface area (Å²) in [6.45, 7) is 4.08. The number of likely N-dealkylation sites (N-methyl/N-ethyl adjacent to an activating group) is 1. The molecule has 1 unspecified atom stereocenters. The summed E-state index contributed by atoms with van der Waals surface area (Å²) in [4.78, 5) is 2.27. The summed E-state index contributed by atoms with van der Waals surface area (Å²) in [5, 5.41) is 9.88. The zero-order valence-electron chi connectivity index (χ0n) is 11.6. The first-order valence-electron chi connectivity index (χ1n) is 7.08. The first-order valence-corrected chi connectivity index (χ1v) is 7.08. The molecule has 0 radical (unpaired) electrons. The minimum absolute atomic E-state index is 0.103. The minimum Gasteiger partial charge on any atom is -0.392 e. The van der Waals surface area contributed by atoms with Crippen molar-refractivity contribution >= 4 is 0 Å². The third-order valence-corrected chi connectivity index (χ3v) is 3.91. The van der Waals surface area contributed by atoms with Crippen molar-refractivity contribution in [2.75, 3.05) is 20.1 Å². The van der Waals surface area contributed by atoms with Gasteiger partial charge in [-0.25, -0.2) is 0 Å². The summed E-state index contributed by atoms with van der Waals surface area (Å²) < 4.78 is 0. The molecule has 0 saturated heterocycles. The molecule has 1 fully saturated rings.